The van der Waals surface area contributed by atoms with Crippen molar-refractivity contribution >= 4 is 0 Å². The SMILES string of the molecule is CCc1ccccc1C(CN)N(C)C(C)CC. The summed E-state index contributed by atoms with van der Waals surface area (Å²) < 4.78 is 0. The smallest absolute Gasteiger partial charge is 0.0472 e. The Morgan fingerprint density at radius 2 is 1.88 bits per heavy atom. The van der Waals surface area contributed by atoms with Crippen molar-refractivity contribution in [3.8, 4) is 0 Å². The molecule has 0 aromatic heterocycles. The van der Waals surface area contributed by atoms with Gasteiger partial charge in [0, 0.05) is 18.6 Å². The van der Waals surface area contributed by atoms with Crippen LogP contribution in [0.15, 0.2) is 24.3 Å². The summed E-state index contributed by atoms with van der Waals surface area (Å²) in [4.78, 5) is 2.40. The predicted octanol–water partition coefficient (Wildman–Crippen LogP) is 2.98. The van der Waals surface area contributed by atoms with Crippen molar-refractivity contribution in [1.82, 2.24) is 4.90 Å². The minimum Gasteiger partial charge on any atom is -0.329 e. The van der Waals surface area contributed by atoms with Crippen LogP contribution in [0.3, 0.4) is 0 Å². The van der Waals surface area contributed by atoms with Crippen LogP contribution in [0.1, 0.15) is 44.4 Å². The van der Waals surface area contributed by atoms with Gasteiger partial charge in [0.05, 0.1) is 0 Å². The molecular formula is C15H26N2. The number of aryl methyl sites for hydroxylation is 1. The van der Waals surface area contributed by atoms with Gasteiger partial charge in [0.1, 0.15) is 0 Å². The van der Waals surface area contributed by atoms with Gasteiger partial charge in [0.2, 0.25) is 0 Å². The first-order valence-electron chi connectivity index (χ1n) is 6.65. The summed E-state index contributed by atoms with van der Waals surface area (Å²) in [7, 11) is 2.18. The number of likely N-dealkylation sites (N-methyl/N-ethyl adjacent to an activating group) is 1. The lowest BCUT2D eigenvalue weighted by atomic mass is 9.96. The highest BCUT2D eigenvalue weighted by Gasteiger charge is 2.20. The van der Waals surface area contributed by atoms with Gasteiger partial charge < -0.3 is 5.73 Å². The Labute approximate surface area is 106 Å². The summed E-state index contributed by atoms with van der Waals surface area (Å²) in [6.07, 6.45) is 2.22. The summed E-state index contributed by atoms with van der Waals surface area (Å²) in [5.41, 5.74) is 8.78. The Balaban J connectivity index is 3.00. The van der Waals surface area contributed by atoms with Crippen LogP contribution in [0, 0.1) is 0 Å². The van der Waals surface area contributed by atoms with E-state index in [4.69, 9.17) is 5.73 Å². The third-order valence-electron chi connectivity index (χ3n) is 3.80. The average Bonchev–Trinajstić information content (AvgIpc) is 2.39. The lowest BCUT2D eigenvalue weighted by Crippen LogP contribution is -2.37. The number of benzene rings is 1. The first-order valence-corrected chi connectivity index (χ1v) is 6.65. The Bertz CT molecular complexity index is 335. The second kappa shape index (κ2) is 6.77. The molecule has 0 bridgehead atoms. The molecule has 0 spiro atoms. The van der Waals surface area contributed by atoms with Crippen molar-refractivity contribution in [3.63, 3.8) is 0 Å². The molecule has 2 heteroatoms. The number of nitrogens with zero attached hydrogens (tertiary/aromatic N) is 1. The molecule has 2 unspecified atom stereocenters. The zero-order valence-corrected chi connectivity index (χ0v) is 11.6. The van der Waals surface area contributed by atoms with Crippen LogP contribution in [0.5, 0.6) is 0 Å². The van der Waals surface area contributed by atoms with Crippen LogP contribution < -0.4 is 5.73 Å². The third kappa shape index (κ3) is 3.30. The van der Waals surface area contributed by atoms with Gasteiger partial charge >= 0.3 is 0 Å². The van der Waals surface area contributed by atoms with E-state index < -0.39 is 0 Å². The van der Waals surface area contributed by atoms with Crippen molar-refractivity contribution in [2.45, 2.75) is 45.7 Å². The van der Waals surface area contributed by atoms with Crippen molar-refractivity contribution in [2.75, 3.05) is 13.6 Å². The van der Waals surface area contributed by atoms with Gasteiger partial charge in [-0.25, -0.2) is 0 Å². The topological polar surface area (TPSA) is 29.3 Å². The molecule has 96 valence electrons. The first kappa shape index (κ1) is 14.2. The largest absolute Gasteiger partial charge is 0.329 e. The quantitative estimate of drug-likeness (QED) is 0.820. The summed E-state index contributed by atoms with van der Waals surface area (Å²) in [5.74, 6) is 0. The van der Waals surface area contributed by atoms with E-state index in [-0.39, 0.29) is 0 Å². The molecular weight excluding hydrogens is 208 g/mol. The lowest BCUT2D eigenvalue weighted by Gasteiger charge is -2.33. The second-order valence-electron chi connectivity index (χ2n) is 4.73. The van der Waals surface area contributed by atoms with Gasteiger partial charge in [0.25, 0.3) is 0 Å². The fourth-order valence-corrected chi connectivity index (χ4v) is 2.29. The van der Waals surface area contributed by atoms with Gasteiger partial charge in [0.15, 0.2) is 0 Å². The van der Waals surface area contributed by atoms with Crippen molar-refractivity contribution in [3.05, 3.63) is 35.4 Å². The van der Waals surface area contributed by atoms with E-state index in [1.807, 2.05) is 0 Å². The van der Waals surface area contributed by atoms with Crippen LogP contribution in [-0.2, 0) is 6.42 Å². The van der Waals surface area contributed by atoms with Crippen LogP contribution in [0.4, 0.5) is 0 Å². The minimum atomic E-state index is 0.334. The molecule has 0 fully saturated rings. The number of hydrogen-bond acceptors (Lipinski definition) is 2. The molecule has 1 rings (SSSR count). The van der Waals surface area contributed by atoms with E-state index in [0.29, 0.717) is 18.6 Å². The van der Waals surface area contributed by atoms with Crippen LogP contribution in [0.25, 0.3) is 0 Å². The molecule has 0 saturated carbocycles. The van der Waals surface area contributed by atoms with Gasteiger partial charge in [-0.2, -0.15) is 0 Å². The van der Waals surface area contributed by atoms with Gasteiger partial charge in [-0.05, 0) is 37.9 Å². The molecule has 1 aromatic carbocycles. The lowest BCUT2D eigenvalue weighted by molar-refractivity contribution is 0.184. The third-order valence-corrected chi connectivity index (χ3v) is 3.80. The molecule has 0 radical (unpaired) electrons. The summed E-state index contributed by atoms with van der Waals surface area (Å²) in [6, 6.07) is 9.55. The van der Waals surface area contributed by atoms with Gasteiger partial charge in [-0.15, -0.1) is 0 Å². The van der Waals surface area contributed by atoms with Crippen molar-refractivity contribution in [1.29, 1.82) is 0 Å². The van der Waals surface area contributed by atoms with Crippen molar-refractivity contribution in [2.24, 2.45) is 5.73 Å². The average molecular weight is 234 g/mol. The van der Waals surface area contributed by atoms with E-state index in [1.165, 1.54) is 11.1 Å². The monoisotopic (exact) mass is 234 g/mol. The Kier molecular flexibility index (Phi) is 5.66. The fraction of sp³-hybridized carbons (Fsp3) is 0.600. The van der Waals surface area contributed by atoms with E-state index >= 15 is 0 Å². The van der Waals surface area contributed by atoms with E-state index in [1.54, 1.807) is 0 Å². The van der Waals surface area contributed by atoms with Crippen LogP contribution >= 0.6 is 0 Å². The number of hydrogen-bond donors (Lipinski definition) is 1. The first-order chi connectivity index (χ1) is 8.15. The Morgan fingerprint density at radius 1 is 1.24 bits per heavy atom. The van der Waals surface area contributed by atoms with Gasteiger partial charge in [-0.1, -0.05) is 38.1 Å². The maximum Gasteiger partial charge on any atom is 0.0472 e. The predicted molar refractivity (Wildman–Crippen MR) is 75.1 cm³/mol. The van der Waals surface area contributed by atoms with E-state index in [0.717, 1.165) is 12.8 Å². The Morgan fingerprint density at radius 3 is 2.41 bits per heavy atom. The molecule has 0 heterocycles. The zero-order valence-electron chi connectivity index (χ0n) is 11.6. The molecule has 0 saturated heterocycles. The zero-order chi connectivity index (χ0) is 12.8. The highest BCUT2D eigenvalue weighted by molar-refractivity contribution is 5.30. The van der Waals surface area contributed by atoms with Gasteiger partial charge in [-0.3, -0.25) is 4.90 Å². The normalized spacial score (nSPS) is 14.9. The Hall–Kier alpha value is -0.860. The maximum absolute atomic E-state index is 5.98. The maximum atomic E-state index is 5.98. The molecule has 2 nitrogen and oxygen atoms in total. The molecule has 0 aliphatic rings. The van der Waals surface area contributed by atoms with Crippen LogP contribution in [0.2, 0.25) is 0 Å². The second-order valence-corrected chi connectivity index (χ2v) is 4.73. The summed E-state index contributed by atoms with van der Waals surface area (Å²) in [5, 5.41) is 0. The summed E-state index contributed by atoms with van der Waals surface area (Å²) >= 11 is 0. The molecule has 2 N–H and O–H groups in total. The molecule has 2 atom stereocenters. The van der Waals surface area contributed by atoms with E-state index in [9.17, 15) is 0 Å². The van der Waals surface area contributed by atoms with E-state index in [2.05, 4.69) is 57.0 Å². The minimum absolute atomic E-state index is 0.334. The van der Waals surface area contributed by atoms with Crippen molar-refractivity contribution < 1.29 is 0 Å². The molecule has 0 amide bonds. The number of nitrogens with two attached hydrogens (primary N) is 1. The standard InChI is InChI=1S/C15H26N2/c1-5-12(3)17(4)15(11-16)14-10-8-7-9-13(14)6-2/h7-10,12,15H,5-6,11,16H2,1-4H3. The molecule has 1 aromatic rings. The molecule has 17 heavy (non-hydrogen) atoms. The number of rotatable bonds is 6. The van der Waals surface area contributed by atoms with Crippen LogP contribution in [-0.4, -0.2) is 24.5 Å². The molecule has 0 aliphatic heterocycles. The summed E-state index contributed by atoms with van der Waals surface area (Å²) in [6.45, 7) is 7.37. The highest BCUT2D eigenvalue weighted by Crippen LogP contribution is 2.24. The fourth-order valence-electron chi connectivity index (χ4n) is 2.29. The highest BCUT2D eigenvalue weighted by atomic mass is 15.2. The molecule has 0 aliphatic carbocycles.